The van der Waals surface area contributed by atoms with Gasteiger partial charge in [-0.25, -0.2) is 14.2 Å². The highest BCUT2D eigenvalue weighted by Crippen LogP contribution is 2.51. The van der Waals surface area contributed by atoms with Gasteiger partial charge in [-0.3, -0.25) is 0 Å². The summed E-state index contributed by atoms with van der Waals surface area (Å²) in [5.41, 5.74) is 8.74. The molecule has 0 aliphatic carbocycles. The normalized spacial score (nSPS) is 15.1. The number of ether oxygens (including phenoxy) is 1. The number of methoxy groups -OCH3 is 1. The molecule has 2 aromatic heterocycles. The predicted octanol–water partition coefficient (Wildman–Crippen LogP) is 7.48. The number of nitrogens with zero attached hydrogens (tertiary/aromatic N) is 3. The fourth-order valence-electron chi connectivity index (χ4n) is 6.56. The van der Waals surface area contributed by atoms with Crippen LogP contribution in [0.5, 0.6) is 0 Å². The first-order chi connectivity index (χ1) is 21.1. The average Bonchev–Trinajstić information content (AvgIpc) is 3.77. The Kier molecular flexibility index (Phi) is 5.82. The first-order valence-electron chi connectivity index (χ1n) is 14.3. The number of halogens is 1. The molecule has 2 aliphatic rings. The fourth-order valence-corrected chi connectivity index (χ4v) is 6.56. The van der Waals surface area contributed by atoms with E-state index < -0.39 is 5.97 Å². The van der Waals surface area contributed by atoms with Crippen LogP contribution in [0.4, 0.5) is 21.5 Å². The number of imidazole rings is 1. The van der Waals surface area contributed by atoms with Gasteiger partial charge in [0, 0.05) is 23.2 Å². The molecule has 0 radical (unpaired) electrons. The number of benzene rings is 4. The molecular formula is C35H27FN4O3. The average molecular weight is 571 g/mol. The number of para-hydroxylation sites is 2. The second kappa shape index (κ2) is 9.87. The molecule has 0 spiro atoms. The Morgan fingerprint density at radius 3 is 2.70 bits per heavy atom. The number of rotatable bonds is 5. The van der Waals surface area contributed by atoms with Gasteiger partial charge < -0.3 is 23.9 Å². The van der Waals surface area contributed by atoms with E-state index in [0.717, 1.165) is 58.3 Å². The molecule has 0 bridgehead atoms. The van der Waals surface area contributed by atoms with E-state index in [1.807, 2.05) is 42.5 Å². The second-order valence-corrected chi connectivity index (χ2v) is 10.9. The summed E-state index contributed by atoms with van der Waals surface area (Å²) in [7, 11) is 1.37. The Hall–Kier alpha value is -5.37. The number of hydrogen-bond donors (Lipinski definition) is 1. The van der Waals surface area contributed by atoms with Crippen LogP contribution in [-0.4, -0.2) is 29.2 Å². The van der Waals surface area contributed by atoms with Crippen molar-refractivity contribution < 1.29 is 18.3 Å². The summed E-state index contributed by atoms with van der Waals surface area (Å²) in [5.74, 6) is 0.860. The third-order valence-electron chi connectivity index (χ3n) is 8.46. The maximum Gasteiger partial charge on any atom is 0.337 e. The van der Waals surface area contributed by atoms with Crippen molar-refractivity contribution >= 4 is 34.1 Å². The van der Waals surface area contributed by atoms with Gasteiger partial charge >= 0.3 is 5.97 Å². The van der Waals surface area contributed by atoms with Crippen molar-refractivity contribution in [3.63, 3.8) is 0 Å². The number of hydrogen-bond acceptors (Lipinski definition) is 6. The van der Waals surface area contributed by atoms with E-state index in [0.29, 0.717) is 23.2 Å². The first kappa shape index (κ1) is 25.3. The van der Waals surface area contributed by atoms with Gasteiger partial charge in [-0.15, -0.1) is 0 Å². The number of carbonyl (C=O) groups is 1. The maximum atomic E-state index is 15.3. The maximum absolute atomic E-state index is 15.3. The lowest BCUT2D eigenvalue weighted by molar-refractivity contribution is 0.0601. The second-order valence-electron chi connectivity index (χ2n) is 10.9. The van der Waals surface area contributed by atoms with Gasteiger partial charge in [0.15, 0.2) is 0 Å². The van der Waals surface area contributed by atoms with Crippen LogP contribution >= 0.6 is 0 Å². The number of fused-ring (bicyclic) bond motifs is 3. The fraction of sp³-hybridized carbons (Fsp3) is 0.143. The minimum atomic E-state index is -0.415. The van der Waals surface area contributed by atoms with Crippen molar-refractivity contribution in [3.05, 3.63) is 131 Å². The van der Waals surface area contributed by atoms with Crippen LogP contribution in [0.25, 0.3) is 22.4 Å². The minimum absolute atomic E-state index is 0.247. The van der Waals surface area contributed by atoms with Crippen LogP contribution in [0.15, 0.2) is 102 Å². The Bertz CT molecular complexity index is 2030. The van der Waals surface area contributed by atoms with Crippen LogP contribution in [0.3, 0.4) is 0 Å². The minimum Gasteiger partial charge on any atom is -0.467 e. The van der Waals surface area contributed by atoms with Crippen LogP contribution < -0.4 is 10.2 Å². The van der Waals surface area contributed by atoms with Crippen LogP contribution in [0.1, 0.15) is 38.9 Å². The van der Waals surface area contributed by atoms with Crippen molar-refractivity contribution in [2.45, 2.75) is 19.0 Å². The number of esters is 1. The Labute approximate surface area is 247 Å². The molecule has 8 rings (SSSR count). The predicted molar refractivity (Wildman–Crippen MR) is 163 cm³/mol. The van der Waals surface area contributed by atoms with Gasteiger partial charge in [-0.1, -0.05) is 42.5 Å². The molecule has 4 aromatic carbocycles. The number of nitrogens with one attached hydrogen (secondary N) is 1. The van der Waals surface area contributed by atoms with E-state index in [1.54, 1.807) is 24.5 Å². The van der Waals surface area contributed by atoms with Crippen LogP contribution in [0.2, 0.25) is 0 Å². The Morgan fingerprint density at radius 1 is 1.00 bits per heavy atom. The monoisotopic (exact) mass is 570 g/mol. The summed E-state index contributed by atoms with van der Waals surface area (Å²) >= 11 is 0. The Balaban J connectivity index is 1.37. The molecule has 8 heteroatoms. The zero-order valence-corrected chi connectivity index (χ0v) is 23.4. The van der Waals surface area contributed by atoms with Gasteiger partial charge in [0.1, 0.15) is 17.4 Å². The molecule has 6 aromatic rings. The third-order valence-corrected chi connectivity index (χ3v) is 8.46. The summed E-state index contributed by atoms with van der Waals surface area (Å²) in [6, 6.07) is 28.2. The molecule has 0 amide bonds. The third kappa shape index (κ3) is 4.01. The highest BCUT2D eigenvalue weighted by molar-refractivity contribution is 5.97. The van der Waals surface area contributed by atoms with E-state index in [-0.39, 0.29) is 11.9 Å². The van der Waals surface area contributed by atoms with Crippen LogP contribution in [0, 0.1) is 5.82 Å². The highest BCUT2D eigenvalue weighted by atomic mass is 19.1. The molecule has 7 nitrogen and oxygen atoms in total. The summed E-state index contributed by atoms with van der Waals surface area (Å²) in [5, 5.41) is 3.71. The van der Waals surface area contributed by atoms with Gasteiger partial charge in [-0.2, -0.15) is 0 Å². The van der Waals surface area contributed by atoms with Gasteiger partial charge in [0.2, 0.25) is 0 Å². The summed E-state index contributed by atoms with van der Waals surface area (Å²) in [6.45, 7) is 1.24. The van der Waals surface area contributed by atoms with Crippen molar-refractivity contribution in [1.82, 2.24) is 9.55 Å². The number of furan rings is 1. The lowest BCUT2D eigenvalue weighted by Crippen LogP contribution is -2.16. The van der Waals surface area contributed by atoms with Crippen molar-refractivity contribution in [1.29, 1.82) is 0 Å². The summed E-state index contributed by atoms with van der Waals surface area (Å²) in [4.78, 5) is 19.8. The largest absolute Gasteiger partial charge is 0.467 e. The molecule has 0 fully saturated rings. The van der Waals surface area contributed by atoms with Crippen molar-refractivity contribution in [3.8, 4) is 11.4 Å². The van der Waals surface area contributed by atoms with E-state index >= 15 is 4.39 Å². The number of anilines is 3. The molecule has 1 N–H and O–H groups in total. The smallest absolute Gasteiger partial charge is 0.337 e. The van der Waals surface area contributed by atoms with Gasteiger partial charge in [-0.05, 0) is 60.5 Å². The molecular weight excluding hydrogens is 543 g/mol. The van der Waals surface area contributed by atoms with Gasteiger partial charge in [0.25, 0.3) is 0 Å². The lowest BCUT2D eigenvalue weighted by Gasteiger charge is -2.24. The van der Waals surface area contributed by atoms with Crippen LogP contribution in [-0.2, 0) is 17.7 Å². The molecule has 2 aliphatic heterocycles. The molecule has 212 valence electrons. The molecule has 1 unspecified atom stereocenters. The zero-order valence-electron chi connectivity index (χ0n) is 23.4. The highest BCUT2D eigenvalue weighted by Gasteiger charge is 2.35. The summed E-state index contributed by atoms with van der Waals surface area (Å²) < 4.78 is 28.1. The zero-order chi connectivity index (χ0) is 29.1. The quantitative estimate of drug-likeness (QED) is 0.217. The van der Waals surface area contributed by atoms with E-state index in [9.17, 15) is 4.79 Å². The SMILES string of the molecule is COC(=O)c1ccc2c(c1)nc(-c1cccc3c1N1CCc4cccc(c41)C(c1ccccc1F)N3)n2Cc1ccco1. The molecule has 4 heterocycles. The van der Waals surface area contributed by atoms with E-state index in [4.69, 9.17) is 14.1 Å². The number of aromatic nitrogens is 2. The van der Waals surface area contributed by atoms with E-state index in [1.165, 1.54) is 18.7 Å². The van der Waals surface area contributed by atoms with E-state index in [2.05, 4.69) is 39.0 Å². The Morgan fingerprint density at radius 2 is 1.86 bits per heavy atom. The topological polar surface area (TPSA) is 72.5 Å². The molecule has 0 saturated carbocycles. The number of carbonyl (C=O) groups excluding carboxylic acids is 1. The van der Waals surface area contributed by atoms with Crippen molar-refractivity contribution in [2.24, 2.45) is 0 Å². The molecule has 43 heavy (non-hydrogen) atoms. The van der Waals surface area contributed by atoms with Gasteiger partial charge in [0.05, 0.1) is 59.6 Å². The van der Waals surface area contributed by atoms with Crippen molar-refractivity contribution in [2.75, 3.05) is 23.9 Å². The molecule has 1 atom stereocenters. The summed E-state index contributed by atoms with van der Waals surface area (Å²) in [6.07, 6.45) is 2.54. The lowest BCUT2D eigenvalue weighted by atomic mass is 9.95. The first-order valence-corrected chi connectivity index (χ1v) is 14.3. The standard InChI is InChI=1S/C35H27FN4O3/c1-42-35(41)22-14-15-30-29(19-22)38-34(40(30)20-23-8-6-18-43-23)26-11-5-13-28-33(26)39-17-16-21-7-4-10-25(32(21)39)31(37-28)24-9-2-3-12-27(24)36/h2-15,18-19,31,37H,16-17,20H2,1H3. The molecule has 0 saturated heterocycles.